The van der Waals surface area contributed by atoms with Gasteiger partial charge in [0.15, 0.2) is 0 Å². The first-order chi connectivity index (χ1) is 25.5. The van der Waals surface area contributed by atoms with Gasteiger partial charge < -0.3 is 19.8 Å². The van der Waals surface area contributed by atoms with Gasteiger partial charge in [0, 0.05) is 6.42 Å². The molecular formula is C44H88N2O6P+. The zero-order chi connectivity index (χ0) is 39.3. The molecule has 0 saturated carbocycles. The van der Waals surface area contributed by atoms with Crippen LogP contribution in [-0.2, 0) is 18.4 Å². The quantitative estimate of drug-likeness (QED) is 0.0248. The minimum Gasteiger partial charge on any atom is -0.387 e. The number of quaternary nitrogens is 1. The number of rotatable bonds is 40. The lowest BCUT2D eigenvalue weighted by Gasteiger charge is -2.25. The second-order valence-corrected chi connectivity index (χ2v) is 17.9. The fraction of sp³-hybridized carbons (Fsp3) is 0.886. The average Bonchev–Trinajstić information content (AvgIpc) is 3.10. The Balaban J connectivity index is 4.44. The van der Waals surface area contributed by atoms with Crippen LogP contribution >= 0.6 is 7.82 Å². The Morgan fingerprint density at radius 3 is 1.45 bits per heavy atom. The van der Waals surface area contributed by atoms with Gasteiger partial charge in [0.25, 0.3) is 0 Å². The largest absolute Gasteiger partial charge is 0.472 e. The molecule has 0 aromatic rings. The molecule has 0 bridgehead atoms. The van der Waals surface area contributed by atoms with Gasteiger partial charge in [0.05, 0.1) is 39.9 Å². The number of hydrogen-bond donors (Lipinski definition) is 3. The number of phosphoric ester groups is 1. The number of aliphatic hydroxyl groups excluding tert-OH is 1. The van der Waals surface area contributed by atoms with Crippen LogP contribution in [0, 0.1) is 0 Å². The van der Waals surface area contributed by atoms with Gasteiger partial charge in [-0.1, -0.05) is 173 Å². The van der Waals surface area contributed by atoms with Crippen LogP contribution in [0.1, 0.15) is 200 Å². The molecule has 0 aliphatic rings. The number of carbonyl (C=O) groups is 1. The van der Waals surface area contributed by atoms with Gasteiger partial charge in [0.2, 0.25) is 5.91 Å². The molecule has 0 aliphatic heterocycles. The van der Waals surface area contributed by atoms with Crippen molar-refractivity contribution in [3.8, 4) is 0 Å². The second-order valence-electron chi connectivity index (χ2n) is 16.4. The summed E-state index contributed by atoms with van der Waals surface area (Å²) in [6.45, 7) is 4.80. The number of phosphoric acid groups is 1. The summed E-state index contributed by atoms with van der Waals surface area (Å²) in [6.07, 6.45) is 42.4. The number of hydrogen-bond acceptors (Lipinski definition) is 5. The van der Waals surface area contributed by atoms with Crippen molar-refractivity contribution in [1.82, 2.24) is 5.32 Å². The molecule has 9 heteroatoms. The zero-order valence-electron chi connectivity index (χ0n) is 35.5. The lowest BCUT2D eigenvalue weighted by molar-refractivity contribution is -0.870. The topological polar surface area (TPSA) is 105 Å². The Labute approximate surface area is 328 Å². The summed E-state index contributed by atoms with van der Waals surface area (Å²) >= 11 is 0. The minimum atomic E-state index is -4.33. The molecule has 0 saturated heterocycles. The summed E-state index contributed by atoms with van der Waals surface area (Å²) < 4.78 is 23.5. The first kappa shape index (κ1) is 52.0. The van der Waals surface area contributed by atoms with E-state index in [1.54, 1.807) is 6.08 Å². The molecule has 53 heavy (non-hydrogen) atoms. The third-order valence-corrected chi connectivity index (χ3v) is 10.9. The van der Waals surface area contributed by atoms with E-state index in [0.29, 0.717) is 17.4 Å². The number of likely N-dealkylation sites (N-methyl/N-ethyl adjacent to an activating group) is 1. The maximum Gasteiger partial charge on any atom is 0.472 e. The average molecular weight is 772 g/mol. The molecule has 0 aromatic carbocycles. The van der Waals surface area contributed by atoms with Crippen LogP contribution in [0.4, 0.5) is 0 Å². The maximum atomic E-state index is 12.8. The monoisotopic (exact) mass is 772 g/mol. The Morgan fingerprint density at radius 2 is 1.02 bits per heavy atom. The number of carbonyl (C=O) groups excluding carboxylic acids is 1. The van der Waals surface area contributed by atoms with Crippen molar-refractivity contribution in [2.45, 2.75) is 212 Å². The molecule has 1 amide bonds. The molecule has 0 aromatic heterocycles. The molecule has 8 nitrogen and oxygen atoms in total. The van der Waals surface area contributed by atoms with E-state index < -0.39 is 20.0 Å². The summed E-state index contributed by atoms with van der Waals surface area (Å²) in [5.41, 5.74) is 0. The van der Waals surface area contributed by atoms with Crippen LogP contribution in [0.25, 0.3) is 0 Å². The van der Waals surface area contributed by atoms with Gasteiger partial charge in [-0.25, -0.2) is 4.57 Å². The first-order valence-corrected chi connectivity index (χ1v) is 23.7. The van der Waals surface area contributed by atoms with Crippen molar-refractivity contribution < 1.29 is 32.9 Å². The van der Waals surface area contributed by atoms with E-state index in [2.05, 4.69) is 31.3 Å². The summed E-state index contributed by atoms with van der Waals surface area (Å²) in [4.78, 5) is 23.1. The van der Waals surface area contributed by atoms with Crippen LogP contribution in [0.15, 0.2) is 24.3 Å². The smallest absolute Gasteiger partial charge is 0.387 e. The van der Waals surface area contributed by atoms with Crippen LogP contribution in [0.3, 0.4) is 0 Å². The van der Waals surface area contributed by atoms with E-state index >= 15 is 0 Å². The molecule has 3 unspecified atom stereocenters. The van der Waals surface area contributed by atoms with Gasteiger partial charge in [0.1, 0.15) is 13.2 Å². The minimum absolute atomic E-state index is 0.0609. The van der Waals surface area contributed by atoms with E-state index in [0.717, 1.165) is 51.4 Å². The third-order valence-electron chi connectivity index (χ3n) is 9.92. The van der Waals surface area contributed by atoms with Gasteiger partial charge >= 0.3 is 7.82 Å². The fourth-order valence-electron chi connectivity index (χ4n) is 6.33. The lowest BCUT2D eigenvalue weighted by Crippen LogP contribution is -2.45. The zero-order valence-corrected chi connectivity index (χ0v) is 36.4. The molecule has 0 aliphatic carbocycles. The van der Waals surface area contributed by atoms with Crippen molar-refractivity contribution in [1.29, 1.82) is 0 Å². The van der Waals surface area contributed by atoms with Crippen molar-refractivity contribution in [3.63, 3.8) is 0 Å². The molecule has 0 fully saturated rings. The number of allylic oxidation sites excluding steroid dienone is 3. The summed E-state index contributed by atoms with van der Waals surface area (Å²) in [5.74, 6) is -0.186. The van der Waals surface area contributed by atoms with Gasteiger partial charge in [-0.05, 0) is 44.9 Å². The van der Waals surface area contributed by atoms with Crippen molar-refractivity contribution >= 4 is 13.7 Å². The Bertz CT molecular complexity index is 922. The number of unbranched alkanes of at least 4 members (excludes halogenated alkanes) is 25. The highest BCUT2D eigenvalue weighted by atomic mass is 31.2. The maximum absolute atomic E-state index is 12.8. The number of amides is 1. The van der Waals surface area contributed by atoms with Gasteiger partial charge in [-0.15, -0.1) is 0 Å². The van der Waals surface area contributed by atoms with Crippen molar-refractivity contribution in [2.75, 3.05) is 40.9 Å². The Morgan fingerprint density at radius 1 is 0.623 bits per heavy atom. The number of nitrogens with zero attached hydrogens (tertiary/aromatic N) is 1. The van der Waals surface area contributed by atoms with E-state index in [4.69, 9.17) is 9.05 Å². The molecular weight excluding hydrogens is 683 g/mol. The summed E-state index contributed by atoms with van der Waals surface area (Å²) in [5, 5.41) is 13.8. The molecule has 0 rings (SSSR count). The first-order valence-electron chi connectivity index (χ1n) is 22.2. The van der Waals surface area contributed by atoms with Crippen LogP contribution in [-0.4, -0.2) is 73.4 Å². The highest BCUT2D eigenvalue weighted by Crippen LogP contribution is 2.43. The molecule has 3 N–H and O–H groups in total. The Hall–Kier alpha value is -1.02. The van der Waals surface area contributed by atoms with Crippen molar-refractivity contribution in [3.05, 3.63) is 24.3 Å². The predicted octanol–water partition coefficient (Wildman–Crippen LogP) is 12.1. The van der Waals surface area contributed by atoms with E-state index in [-0.39, 0.29) is 19.1 Å². The highest BCUT2D eigenvalue weighted by molar-refractivity contribution is 7.47. The molecule has 0 radical (unpaired) electrons. The van der Waals surface area contributed by atoms with Crippen LogP contribution < -0.4 is 5.32 Å². The van der Waals surface area contributed by atoms with Gasteiger partial charge in [-0.2, -0.15) is 0 Å². The van der Waals surface area contributed by atoms with Crippen molar-refractivity contribution in [2.24, 2.45) is 0 Å². The normalized spacial score (nSPS) is 14.6. The lowest BCUT2D eigenvalue weighted by atomic mass is 10.0. The van der Waals surface area contributed by atoms with Gasteiger partial charge in [-0.3, -0.25) is 13.8 Å². The summed E-state index contributed by atoms with van der Waals surface area (Å²) in [6, 6.07) is -0.847. The molecule has 0 spiro atoms. The SMILES string of the molecule is CCCCCCCCC/C=C\CCCCCCCC(=O)NC(COP(=O)(O)OCC[N+](C)(C)C)C(O)/C=C/CCCCCCCCCCCCCCC. The number of nitrogens with one attached hydrogen (secondary N) is 1. The second kappa shape index (κ2) is 36.6. The van der Waals surface area contributed by atoms with Crippen LogP contribution in [0.2, 0.25) is 0 Å². The highest BCUT2D eigenvalue weighted by Gasteiger charge is 2.27. The summed E-state index contributed by atoms with van der Waals surface area (Å²) in [7, 11) is 1.57. The van der Waals surface area contributed by atoms with E-state index in [1.165, 1.54) is 128 Å². The van der Waals surface area contributed by atoms with E-state index in [9.17, 15) is 19.4 Å². The Kier molecular flexibility index (Phi) is 35.9. The molecule has 0 heterocycles. The number of aliphatic hydroxyl groups is 1. The third kappa shape index (κ3) is 39.0. The predicted molar refractivity (Wildman–Crippen MR) is 226 cm³/mol. The van der Waals surface area contributed by atoms with E-state index in [1.807, 2.05) is 27.2 Å². The fourth-order valence-corrected chi connectivity index (χ4v) is 7.07. The standard InChI is InChI=1S/C44H87N2O6P/c1-6-8-10-12-14-16-18-20-22-24-26-28-30-32-34-36-38-44(48)45-42(41-52-53(49,50)51-40-39-46(3,4)5)43(47)37-35-33-31-29-27-25-23-21-19-17-15-13-11-9-7-2/h22,24,35,37,42-43,47H,6-21,23,25-34,36,38-41H2,1-5H3,(H-,45,48,49,50)/p+1/b24-22-,37-35+. The molecule has 314 valence electrons. The molecule has 3 atom stereocenters. The van der Waals surface area contributed by atoms with Crippen LogP contribution in [0.5, 0.6) is 0 Å².